The van der Waals surface area contributed by atoms with Crippen LogP contribution in [0.2, 0.25) is 0 Å². The first kappa shape index (κ1) is 12.9. The first-order valence-electron chi connectivity index (χ1n) is 6.30. The topological polar surface area (TPSA) is 47.6 Å². The molecule has 1 fully saturated rings. The number of carbonyl (C=O) groups is 1. The maximum Gasteiger partial charge on any atom is 0.407 e. The smallest absolute Gasteiger partial charge is 0.407 e. The van der Waals surface area contributed by atoms with Gasteiger partial charge in [0.15, 0.2) is 0 Å². The van der Waals surface area contributed by atoms with Crippen molar-refractivity contribution in [3.63, 3.8) is 0 Å². The van der Waals surface area contributed by atoms with Crippen molar-refractivity contribution in [2.24, 2.45) is 5.92 Å². The lowest BCUT2D eigenvalue weighted by Crippen LogP contribution is -2.44. The van der Waals surface area contributed by atoms with E-state index in [9.17, 15) is 4.79 Å². The van der Waals surface area contributed by atoms with Crippen LogP contribution in [0, 0.1) is 5.92 Å². The van der Waals surface area contributed by atoms with Crippen molar-refractivity contribution in [1.82, 2.24) is 5.32 Å². The highest BCUT2D eigenvalue weighted by molar-refractivity contribution is 5.67. The van der Waals surface area contributed by atoms with Crippen LogP contribution in [0.1, 0.15) is 18.9 Å². The van der Waals surface area contributed by atoms with Crippen molar-refractivity contribution in [3.05, 3.63) is 35.9 Å². The molecule has 0 radical (unpaired) electrons. The third-order valence-electron chi connectivity index (χ3n) is 3.16. The lowest BCUT2D eigenvalue weighted by Gasteiger charge is -2.29. The summed E-state index contributed by atoms with van der Waals surface area (Å²) in [4.78, 5) is 11.7. The number of rotatable bonds is 3. The van der Waals surface area contributed by atoms with Gasteiger partial charge in [-0.15, -0.1) is 0 Å². The molecule has 0 bridgehead atoms. The number of hydrogen-bond donors (Lipinski definition) is 1. The highest BCUT2D eigenvalue weighted by atomic mass is 16.5. The molecular formula is C14H19NO3. The van der Waals surface area contributed by atoms with Gasteiger partial charge in [-0.3, -0.25) is 0 Å². The normalized spacial score (nSPS) is 23.4. The highest BCUT2D eigenvalue weighted by Gasteiger charge is 2.23. The lowest BCUT2D eigenvalue weighted by atomic mass is 9.98. The summed E-state index contributed by atoms with van der Waals surface area (Å²) in [5, 5.41) is 2.90. The molecule has 18 heavy (non-hydrogen) atoms. The molecule has 1 aromatic carbocycles. The standard InChI is InChI=1S/C14H19NO3/c1-11-9-17-8-7-13(11)15-14(16)18-10-12-5-3-2-4-6-12/h2-6,11,13H,7-10H2,1H3,(H,15,16). The third-order valence-corrected chi connectivity index (χ3v) is 3.16. The van der Waals surface area contributed by atoms with Crippen LogP contribution in [0.3, 0.4) is 0 Å². The Labute approximate surface area is 107 Å². The molecule has 0 aliphatic carbocycles. The molecule has 4 nitrogen and oxygen atoms in total. The number of alkyl carbamates (subject to hydrolysis) is 1. The minimum Gasteiger partial charge on any atom is -0.445 e. The quantitative estimate of drug-likeness (QED) is 0.894. The summed E-state index contributed by atoms with van der Waals surface area (Å²) in [5.74, 6) is 0.336. The molecule has 1 aliphatic heterocycles. The van der Waals surface area contributed by atoms with Crippen LogP contribution in [0.25, 0.3) is 0 Å². The zero-order valence-electron chi connectivity index (χ0n) is 10.6. The van der Waals surface area contributed by atoms with Crippen LogP contribution in [0.4, 0.5) is 4.79 Å². The molecule has 1 amide bonds. The van der Waals surface area contributed by atoms with Crippen molar-refractivity contribution in [3.8, 4) is 0 Å². The second-order valence-electron chi connectivity index (χ2n) is 4.65. The summed E-state index contributed by atoms with van der Waals surface area (Å²) in [6.07, 6.45) is 0.499. The Hall–Kier alpha value is -1.55. The summed E-state index contributed by atoms with van der Waals surface area (Å²) in [7, 11) is 0. The first-order chi connectivity index (χ1) is 8.75. The first-order valence-corrected chi connectivity index (χ1v) is 6.30. The van der Waals surface area contributed by atoms with Gasteiger partial charge in [-0.25, -0.2) is 4.79 Å². The van der Waals surface area contributed by atoms with E-state index in [2.05, 4.69) is 12.2 Å². The van der Waals surface area contributed by atoms with E-state index in [1.54, 1.807) is 0 Å². The molecule has 1 aromatic rings. The highest BCUT2D eigenvalue weighted by Crippen LogP contribution is 2.14. The molecule has 0 aromatic heterocycles. The fourth-order valence-electron chi connectivity index (χ4n) is 2.01. The largest absolute Gasteiger partial charge is 0.445 e. The van der Waals surface area contributed by atoms with Gasteiger partial charge in [0, 0.05) is 12.6 Å². The van der Waals surface area contributed by atoms with Crippen LogP contribution >= 0.6 is 0 Å². The molecule has 0 spiro atoms. The van der Waals surface area contributed by atoms with E-state index < -0.39 is 0 Å². The summed E-state index contributed by atoms with van der Waals surface area (Å²) >= 11 is 0. The van der Waals surface area contributed by atoms with Gasteiger partial charge in [-0.2, -0.15) is 0 Å². The maximum absolute atomic E-state index is 11.7. The Kier molecular flexibility index (Phi) is 4.59. The zero-order chi connectivity index (χ0) is 12.8. The summed E-state index contributed by atoms with van der Waals surface area (Å²) in [6.45, 7) is 3.78. The van der Waals surface area contributed by atoms with Gasteiger partial charge < -0.3 is 14.8 Å². The van der Waals surface area contributed by atoms with E-state index >= 15 is 0 Å². The van der Waals surface area contributed by atoms with Crippen LogP contribution < -0.4 is 5.32 Å². The van der Waals surface area contributed by atoms with Crippen molar-refractivity contribution >= 4 is 6.09 Å². The molecule has 2 atom stereocenters. The fourth-order valence-corrected chi connectivity index (χ4v) is 2.01. The number of amides is 1. The predicted octanol–water partition coefficient (Wildman–Crippen LogP) is 2.34. The summed E-state index contributed by atoms with van der Waals surface area (Å²) in [5.41, 5.74) is 0.993. The SMILES string of the molecule is CC1COCCC1NC(=O)OCc1ccccc1. The van der Waals surface area contributed by atoms with Gasteiger partial charge in [0.05, 0.1) is 6.61 Å². The zero-order valence-corrected chi connectivity index (χ0v) is 10.6. The van der Waals surface area contributed by atoms with Crippen molar-refractivity contribution < 1.29 is 14.3 Å². The van der Waals surface area contributed by atoms with Crippen molar-refractivity contribution in [2.45, 2.75) is 26.0 Å². The Bertz CT molecular complexity index is 380. The van der Waals surface area contributed by atoms with E-state index in [0.717, 1.165) is 12.0 Å². The van der Waals surface area contributed by atoms with E-state index in [0.29, 0.717) is 25.7 Å². The minimum atomic E-state index is -0.349. The lowest BCUT2D eigenvalue weighted by molar-refractivity contribution is 0.0366. The summed E-state index contributed by atoms with van der Waals surface area (Å²) < 4.78 is 10.5. The molecule has 1 saturated heterocycles. The van der Waals surface area contributed by atoms with Gasteiger partial charge in [0.2, 0.25) is 0 Å². The molecule has 2 unspecified atom stereocenters. The maximum atomic E-state index is 11.7. The average Bonchev–Trinajstić information content (AvgIpc) is 2.40. The molecule has 1 heterocycles. The Balaban J connectivity index is 1.75. The van der Waals surface area contributed by atoms with Crippen LogP contribution in [0.5, 0.6) is 0 Å². The second-order valence-corrected chi connectivity index (χ2v) is 4.65. The fraction of sp³-hybridized carbons (Fsp3) is 0.500. The number of ether oxygens (including phenoxy) is 2. The molecule has 2 rings (SSSR count). The molecule has 4 heteroatoms. The summed E-state index contributed by atoms with van der Waals surface area (Å²) in [6, 6.07) is 9.82. The molecule has 1 N–H and O–H groups in total. The Morgan fingerprint density at radius 3 is 2.94 bits per heavy atom. The van der Waals surface area contributed by atoms with E-state index in [-0.39, 0.29) is 12.1 Å². The monoisotopic (exact) mass is 249 g/mol. The Morgan fingerprint density at radius 2 is 2.22 bits per heavy atom. The van der Waals surface area contributed by atoms with Crippen LogP contribution in [0.15, 0.2) is 30.3 Å². The average molecular weight is 249 g/mol. The Morgan fingerprint density at radius 1 is 1.44 bits per heavy atom. The van der Waals surface area contributed by atoms with E-state index in [1.165, 1.54) is 0 Å². The van der Waals surface area contributed by atoms with Crippen LogP contribution in [-0.4, -0.2) is 25.3 Å². The molecule has 0 saturated carbocycles. The van der Waals surface area contributed by atoms with E-state index in [4.69, 9.17) is 9.47 Å². The molecule has 98 valence electrons. The predicted molar refractivity (Wildman–Crippen MR) is 68.2 cm³/mol. The van der Waals surface area contributed by atoms with Gasteiger partial charge in [-0.1, -0.05) is 37.3 Å². The molecular weight excluding hydrogens is 230 g/mol. The van der Waals surface area contributed by atoms with Crippen LogP contribution in [-0.2, 0) is 16.1 Å². The number of nitrogens with one attached hydrogen (secondary N) is 1. The minimum absolute atomic E-state index is 0.155. The van der Waals surface area contributed by atoms with Crippen molar-refractivity contribution in [1.29, 1.82) is 0 Å². The van der Waals surface area contributed by atoms with Gasteiger partial charge in [-0.05, 0) is 17.9 Å². The molecule has 1 aliphatic rings. The number of carbonyl (C=O) groups excluding carboxylic acids is 1. The van der Waals surface area contributed by atoms with Gasteiger partial charge >= 0.3 is 6.09 Å². The van der Waals surface area contributed by atoms with Gasteiger partial charge in [0.1, 0.15) is 6.61 Å². The van der Waals surface area contributed by atoms with Gasteiger partial charge in [0.25, 0.3) is 0 Å². The van der Waals surface area contributed by atoms with Crippen molar-refractivity contribution in [2.75, 3.05) is 13.2 Å². The number of benzene rings is 1. The third kappa shape index (κ3) is 3.74. The van der Waals surface area contributed by atoms with E-state index in [1.807, 2.05) is 30.3 Å². The number of hydrogen-bond acceptors (Lipinski definition) is 3. The second kappa shape index (κ2) is 6.40.